The topological polar surface area (TPSA) is 30.7 Å². The van der Waals surface area contributed by atoms with E-state index >= 15 is 0 Å². The van der Waals surface area contributed by atoms with Gasteiger partial charge in [-0.05, 0) is 34.5 Å². The third-order valence-corrected chi connectivity index (χ3v) is 4.03. The Morgan fingerprint density at radius 2 is 2.05 bits per heavy atom. The van der Waals surface area contributed by atoms with Crippen LogP contribution in [-0.4, -0.2) is 14.5 Å². The fourth-order valence-corrected chi connectivity index (χ4v) is 2.89. The Hall–Kier alpha value is -1.39. The first kappa shape index (κ1) is 13.6. The molecule has 3 aromatic rings. The third-order valence-electron chi connectivity index (χ3n) is 3.36. The molecule has 2 aromatic heterocycles. The third kappa shape index (κ3) is 2.34. The summed E-state index contributed by atoms with van der Waals surface area (Å²) < 4.78 is 3.02. The van der Waals surface area contributed by atoms with E-state index in [-0.39, 0.29) is 6.04 Å². The maximum absolute atomic E-state index is 6.05. The van der Waals surface area contributed by atoms with Crippen LogP contribution in [0.15, 0.2) is 47.1 Å². The van der Waals surface area contributed by atoms with Gasteiger partial charge in [-0.1, -0.05) is 30.3 Å². The number of pyridine rings is 1. The minimum Gasteiger partial charge on any atom is -0.304 e. The molecule has 5 heteroatoms. The van der Waals surface area contributed by atoms with Gasteiger partial charge >= 0.3 is 0 Å². The van der Waals surface area contributed by atoms with Crippen LogP contribution in [0.1, 0.15) is 24.4 Å². The van der Waals surface area contributed by atoms with Crippen LogP contribution in [0, 0.1) is 0 Å². The number of aromatic nitrogens is 3. The molecule has 1 atom stereocenters. The lowest BCUT2D eigenvalue weighted by Crippen LogP contribution is -2.10. The summed E-state index contributed by atoms with van der Waals surface area (Å²) in [5.41, 5.74) is 2.93. The highest BCUT2D eigenvalue weighted by Crippen LogP contribution is 2.26. The van der Waals surface area contributed by atoms with Crippen molar-refractivity contribution < 1.29 is 0 Å². The normalized spacial score (nSPS) is 12.8. The monoisotopic (exact) mass is 349 g/mol. The van der Waals surface area contributed by atoms with Crippen LogP contribution < -0.4 is 0 Å². The molecule has 0 spiro atoms. The van der Waals surface area contributed by atoms with E-state index in [0.717, 1.165) is 21.5 Å². The standard InChI is InChI=1S/C15H13BrClN3/c1-10(11-5-3-2-4-6-11)20-14(8-17)19-13-7-12(16)9-18-15(13)20/h2-7,9-10H,8H2,1H3. The van der Waals surface area contributed by atoms with Crippen molar-refractivity contribution >= 4 is 38.7 Å². The summed E-state index contributed by atoms with van der Waals surface area (Å²) in [6.45, 7) is 2.14. The van der Waals surface area contributed by atoms with Gasteiger partial charge in [0.25, 0.3) is 0 Å². The van der Waals surface area contributed by atoms with Crippen molar-refractivity contribution in [3.8, 4) is 0 Å². The van der Waals surface area contributed by atoms with Crippen LogP contribution in [0.3, 0.4) is 0 Å². The molecule has 0 N–H and O–H groups in total. The van der Waals surface area contributed by atoms with Crippen molar-refractivity contribution in [3.63, 3.8) is 0 Å². The van der Waals surface area contributed by atoms with Crippen LogP contribution in [-0.2, 0) is 5.88 Å². The first-order valence-corrected chi connectivity index (χ1v) is 7.66. The molecule has 0 saturated carbocycles. The van der Waals surface area contributed by atoms with Gasteiger partial charge in [-0.25, -0.2) is 9.97 Å². The number of nitrogens with zero attached hydrogens (tertiary/aromatic N) is 3. The van der Waals surface area contributed by atoms with E-state index in [9.17, 15) is 0 Å². The van der Waals surface area contributed by atoms with Crippen molar-refractivity contribution in [2.24, 2.45) is 0 Å². The van der Waals surface area contributed by atoms with Crippen molar-refractivity contribution in [1.29, 1.82) is 0 Å². The van der Waals surface area contributed by atoms with Gasteiger partial charge in [0.05, 0.1) is 11.9 Å². The molecule has 0 radical (unpaired) electrons. The van der Waals surface area contributed by atoms with E-state index in [2.05, 4.69) is 49.5 Å². The first-order chi connectivity index (χ1) is 9.70. The molecule has 102 valence electrons. The lowest BCUT2D eigenvalue weighted by atomic mass is 10.1. The number of alkyl halides is 1. The Morgan fingerprint density at radius 1 is 1.30 bits per heavy atom. The molecule has 0 aliphatic heterocycles. The highest BCUT2D eigenvalue weighted by molar-refractivity contribution is 9.10. The number of halogens is 2. The van der Waals surface area contributed by atoms with Gasteiger partial charge in [-0.15, -0.1) is 11.6 Å². The van der Waals surface area contributed by atoms with Crippen molar-refractivity contribution in [1.82, 2.24) is 14.5 Å². The lowest BCUT2D eigenvalue weighted by molar-refractivity contribution is 0.629. The van der Waals surface area contributed by atoms with E-state index < -0.39 is 0 Å². The molecule has 0 aliphatic carbocycles. The second kappa shape index (κ2) is 5.54. The molecular weight excluding hydrogens is 338 g/mol. The van der Waals surface area contributed by atoms with Gasteiger partial charge in [0.15, 0.2) is 5.65 Å². The van der Waals surface area contributed by atoms with Crippen molar-refractivity contribution in [3.05, 3.63) is 58.5 Å². The minimum atomic E-state index is 0.142. The summed E-state index contributed by atoms with van der Waals surface area (Å²) in [6, 6.07) is 12.4. The largest absolute Gasteiger partial charge is 0.304 e. The Bertz CT molecular complexity index is 739. The van der Waals surface area contributed by atoms with E-state index in [1.54, 1.807) is 6.20 Å². The van der Waals surface area contributed by atoms with Gasteiger partial charge < -0.3 is 4.57 Å². The zero-order chi connectivity index (χ0) is 14.1. The number of hydrogen-bond acceptors (Lipinski definition) is 2. The van der Waals surface area contributed by atoms with Crippen LogP contribution >= 0.6 is 27.5 Å². The summed E-state index contributed by atoms with van der Waals surface area (Å²) in [6.07, 6.45) is 1.79. The van der Waals surface area contributed by atoms with E-state index in [4.69, 9.17) is 11.6 Å². The summed E-state index contributed by atoms with van der Waals surface area (Å²) in [4.78, 5) is 9.07. The van der Waals surface area contributed by atoms with Gasteiger partial charge in [-0.2, -0.15) is 0 Å². The summed E-state index contributed by atoms with van der Waals surface area (Å²) in [5, 5.41) is 0. The van der Waals surface area contributed by atoms with Crippen molar-refractivity contribution in [2.75, 3.05) is 0 Å². The predicted molar refractivity (Wildman–Crippen MR) is 85.0 cm³/mol. The molecular formula is C15H13BrClN3. The van der Waals surface area contributed by atoms with Gasteiger partial charge in [0.1, 0.15) is 11.3 Å². The number of fused-ring (bicyclic) bond motifs is 1. The number of imidazole rings is 1. The Labute approximate surface area is 130 Å². The molecule has 3 rings (SSSR count). The highest BCUT2D eigenvalue weighted by Gasteiger charge is 2.17. The zero-order valence-electron chi connectivity index (χ0n) is 10.9. The number of hydrogen-bond donors (Lipinski definition) is 0. The fourth-order valence-electron chi connectivity index (χ4n) is 2.39. The number of rotatable bonds is 3. The molecule has 1 unspecified atom stereocenters. The Balaban J connectivity index is 2.19. The van der Waals surface area contributed by atoms with E-state index in [0.29, 0.717) is 5.88 Å². The SMILES string of the molecule is CC(c1ccccc1)n1c(CCl)nc2cc(Br)cnc21. The maximum atomic E-state index is 6.05. The molecule has 0 aliphatic rings. The average Bonchev–Trinajstić information content (AvgIpc) is 2.84. The van der Waals surface area contributed by atoms with Crippen LogP contribution in [0.4, 0.5) is 0 Å². The second-order valence-electron chi connectivity index (χ2n) is 4.61. The molecule has 20 heavy (non-hydrogen) atoms. The Morgan fingerprint density at radius 3 is 2.75 bits per heavy atom. The van der Waals surface area contributed by atoms with E-state index in [1.165, 1.54) is 5.56 Å². The maximum Gasteiger partial charge on any atom is 0.160 e. The summed E-state index contributed by atoms with van der Waals surface area (Å²) in [5.74, 6) is 1.20. The van der Waals surface area contributed by atoms with E-state index in [1.807, 2.05) is 24.3 Å². The Kier molecular flexibility index (Phi) is 3.76. The highest BCUT2D eigenvalue weighted by atomic mass is 79.9. The molecule has 2 heterocycles. The molecule has 3 nitrogen and oxygen atoms in total. The molecule has 0 fully saturated rings. The van der Waals surface area contributed by atoms with Crippen LogP contribution in [0.2, 0.25) is 0 Å². The second-order valence-corrected chi connectivity index (χ2v) is 5.80. The lowest BCUT2D eigenvalue weighted by Gasteiger charge is -2.16. The number of benzene rings is 1. The predicted octanol–water partition coefficient (Wildman–Crippen LogP) is 4.54. The molecule has 0 amide bonds. The summed E-state index contributed by atoms with van der Waals surface area (Å²) in [7, 11) is 0. The molecule has 0 saturated heterocycles. The zero-order valence-corrected chi connectivity index (χ0v) is 13.3. The van der Waals surface area contributed by atoms with Gasteiger partial charge in [0, 0.05) is 10.7 Å². The van der Waals surface area contributed by atoms with Gasteiger partial charge in [0.2, 0.25) is 0 Å². The quantitative estimate of drug-likeness (QED) is 0.649. The van der Waals surface area contributed by atoms with Crippen molar-refractivity contribution in [2.45, 2.75) is 18.8 Å². The average molecular weight is 351 g/mol. The molecule has 0 bridgehead atoms. The van der Waals surface area contributed by atoms with Gasteiger partial charge in [-0.3, -0.25) is 0 Å². The minimum absolute atomic E-state index is 0.142. The fraction of sp³-hybridized carbons (Fsp3) is 0.200. The van der Waals surface area contributed by atoms with Crippen LogP contribution in [0.25, 0.3) is 11.2 Å². The summed E-state index contributed by atoms with van der Waals surface area (Å²) >= 11 is 9.48. The smallest absolute Gasteiger partial charge is 0.160 e. The van der Waals surface area contributed by atoms with Crippen LogP contribution in [0.5, 0.6) is 0 Å². The molecule has 1 aromatic carbocycles. The first-order valence-electron chi connectivity index (χ1n) is 6.34.